The number of rotatable bonds is 4. The molecular formula is C21H25N3O3. The quantitative estimate of drug-likeness (QED) is 0.902. The largest absolute Gasteiger partial charge is 0.486 e. The first-order chi connectivity index (χ1) is 13.3. The van der Waals surface area contributed by atoms with E-state index in [2.05, 4.69) is 28.4 Å². The number of anilines is 1. The molecule has 1 saturated heterocycles. The number of ether oxygens (including phenoxy) is 2. The van der Waals surface area contributed by atoms with Gasteiger partial charge in [0.05, 0.1) is 0 Å². The molecule has 2 aromatic rings. The second kappa shape index (κ2) is 8.20. The maximum atomic E-state index is 12.4. The van der Waals surface area contributed by atoms with E-state index >= 15 is 0 Å². The SMILES string of the molecule is O=C(NCCc1ccccc1)N1CCN(c2ccc3c(c2)OCCO3)CC1. The van der Waals surface area contributed by atoms with Crippen molar-refractivity contribution < 1.29 is 14.3 Å². The molecule has 0 saturated carbocycles. The van der Waals surface area contributed by atoms with E-state index in [9.17, 15) is 4.79 Å². The van der Waals surface area contributed by atoms with Crippen molar-refractivity contribution in [2.45, 2.75) is 6.42 Å². The van der Waals surface area contributed by atoms with Crippen LogP contribution in [0.1, 0.15) is 5.56 Å². The number of benzene rings is 2. The Labute approximate surface area is 159 Å². The van der Waals surface area contributed by atoms with Gasteiger partial charge in [-0.15, -0.1) is 0 Å². The molecule has 4 rings (SSSR count). The average molecular weight is 367 g/mol. The van der Waals surface area contributed by atoms with Crippen LogP contribution in [-0.4, -0.2) is 56.9 Å². The summed E-state index contributed by atoms with van der Waals surface area (Å²) in [5.74, 6) is 1.61. The third kappa shape index (κ3) is 4.27. The lowest BCUT2D eigenvalue weighted by Gasteiger charge is -2.36. The van der Waals surface area contributed by atoms with Crippen LogP contribution in [0.15, 0.2) is 48.5 Å². The summed E-state index contributed by atoms with van der Waals surface area (Å²) in [5, 5.41) is 3.03. The van der Waals surface area contributed by atoms with Crippen molar-refractivity contribution in [3.05, 3.63) is 54.1 Å². The predicted octanol–water partition coefficient (Wildman–Crippen LogP) is 2.53. The van der Waals surface area contributed by atoms with E-state index < -0.39 is 0 Å². The molecule has 0 aromatic heterocycles. The van der Waals surface area contributed by atoms with Crippen LogP contribution in [0, 0.1) is 0 Å². The number of piperazine rings is 1. The normalized spacial score (nSPS) is 16.1. The fraction of sp³-hybridized carbons (Fsp3) is 0.381. The second-order valence-corrected chi connectivity index (χ2v) is 6.77. The van der Waals surface area contributed by atoms with E-state index in [1.165, 1.54) is 5.56 Å². The number of nitrogens with zero attached hydrogens (tertiary/aromatic N) is 2. The Bertz CT molecular complexity index is 773. The highest BCUT2D eigenvalue weighted by Crippen LogP contribution is 2.34. The third-order valence-corrected chi connectivity index (χ3v) is 4.99. The summed E-state index contributed by atoms with van der Waals surface area (Å²) in [6.07, 6.45) is 0.851. The summed E-state index contributed by atoms with van der Waals surface area (Å²) in [4.78, 5) is 16.6. The molecule has 0 radical (unpaired) electrons. The van der Waals surface area contributed by atoms with Crippen LogP contribution in [0.4, 0.5) is 10.5 Å². The minimum absolute atomic E-state index is 0.0211. The molecule has 27 heavy (non-hydrogen) atoms. The number of fused-ring (bicyclic) bond motifs is 1. The summed E-state index contributed by atoms with van der Waals surface area (Å²) in [6.45, 7) is 4.90. The maximum Gasteiger partial charge on any atom is 0.317 e. The van der Waals surface area contributed by atoms with Crippen molar-refractivity contribution in [1.29, 1.82) is 0 Å². The average Bonchev–Trinajstić information content (AvgIpc) is 2.74. The fourth-order valence-corrected chi connectivity index (χ4v) is 3.47. The standard InChI is InChI=1S/C21H25N3O3/c25-21(22-9-8-17-4-2-1-3-5-17)24-12-10-23(11-13-24)18-6-7-19-20(16-18)27-15-14-26-19/h1-7,16H,8-15H2,(H,22,25). The number of hydrogen-bond donors (Lipinski definition) is 1. The van der Waals surface area contributed by atoms with Gasteiger partial charge in [0.15, 0.2) is 11.5 Å². The molecular weight excluding hydrogens is 342 g/mol. The lowest BCUT2D eigenvalue weighted by atomic mass is 10.1. The Hall–Kier alpha value is -2.89. The Morgan fingerprint density at radius 1 is 0.926 bits per heavy atom. The molecule has 142 valence electrons. The fourth-order valence-electron chi connectivity index (χ4n) is 3.47. The van der Waals surface area contributed by atoms with E-state index in [0.717, 1.165) is 36.7 Å². The van der Waals surface area contributed by atoms with E-state index in [0.29, 0.717) is 32.8 Å². The Kier molecular flexibility index (Phi) is 5.32. The van der Waals surface area contributed by atoms with Crippen molar-refractivity contribution in [3.63, 3.8) is 0 Å². The molecule has 0 bridgehead atoms. The van der Waals surface area contributed by atoms with Gasteiger partial charge in [0, 0.05) is 44.5 Å². The number of carbonyl (C=O) groups is 1. The van der Waals surface area contributed by atoms with Crippen molar-refractivity contribution in [1.82, 2.24) is 10.2 Å². The molecule has 0 unspecified atom stereocenters. The van der Waals surface area contributed by atoms with Crippen molar-refractivity contribution in [2.24, 2.45) is 0 Å². The number of carbonyl (C=O) groups excluding carboxylic acids is 1. The summed E-state index contributed by atoms with van der Waals surface area (Å²) < 4.78 is 11.2. The van der Waals surface area contributed by atoms with Gasteiger partial charge in [0.25, 0.3) is 0 Å². The maximum absolute atomic E-state index is 12.4. The Balaban J connectivity index is 1.25. The minimum Gasteiger partial charge on any atom is -0.486 e. The number of hydrogen-bond acceptors (Lipinski definition) is 4. The van der Waals surface area contributed by atoms with E-state index in [1.807, 2.05) is 35.2 Å². The summed E-state index contributed by atoms with van der Waals surface area (Å²) in [5.41, 5.74) is 2.35. The Morgan fingerprint density at radius 2 is 1.67 bits per heavy atom. The molecule has 2 heterocycles. The number of nitrogens with one attached hydrogen (secondary N) is 1. The molecule has 0 aliphatic carbocycles. The first-order valence-corrected chi connectivity index (χ1v) is 9.51. The zero-order chi connectivity index (χ0) is 18.5. The van der Waals surface area contributed by atoms with Crippen LogP contribution >= 0.6 is 0 Å². The van der Waals surface area contributed by atoms with E-state index in [4.69, 9.17) is 9.47 Å². The zero-order valence-corrected chi connectivity index (χ0v) is 15.4. The number of urea groups is 1. The summed E-state index contributed by atoms with van der Waals surface area (Å²) in [7, 11) is 0. The van der Waals surface area contributed by atoms with Crippen LogP contribution in [0.5, 0.6) is 11.5 Å². The first-order valence-electron chi connectivity index (χ1n) is 9.51. The van der Waals surface area contributed by atoms with Crippen LogP contribution in [0.25, 0.3) is 0 Å². The number of amides is 2. The van der Waals surface area contributed by atoms with Crippen LogP contribution in [0.2, 0.25) is 0 Å². The lowest BCUT2D eigenvalue weighted by molar-refractivity contribution is 0.171. The molecule has 2 amide bonds. The molecule has 2 aliphatic heterocycles. The van der Waals surface area contributed by atoms with Gasteiger partial charge >= 0.3 is 6.03 Å². The van der Waals surface area contributed by atoms with Crippen molar-refractivity contribution in [2.75, 3.05) is 50.8 Å². The van der Waals surface area contributed by atoms with Crippen molar-refractivity contribution in [3.8, 4) is 11.5 Å². The molecule has 2 aromatic carbocycles. The summed E-state index contributed by atoms with van der Waals surface area (Å²) in [6, 6.07) is 16.3. The van der Waals surface area contributed by atoms with Gasteiger partial charge in [-0.2, -0.15) is 0 Å². The van der Waals surface area contributed by atoms with Gasteiger partial charge in [0.2, 0.25) is 0 Å². The minimum atomic E-state index is 0.0211. The van der Waals surface area contributed by atoms with Crippen LogP contribution in [0.3, 0.4) is 0 Å². The Morgan fingerprint density at radius 3 is 2.44 bits per heavy atom. The molecule has 1 fully saturated rings. The highest BCUT2D eigenvalue weighted by atomic mass is 16.6. The molecule has 2 aliphatic rings. The predicted molar refractivity (Wildman–Crippen MR) is 105 cm³/mol. The van der Waals surface area contributed by atoms with Gasteiger partial charge < -0.3 is 24.6 Å². The summed E-state index contributed by atoms with van der Waals surface area (Å²) >= 11 is 0. The molecule has 6 heteroatoms. The zero-order valence-electron chi connectivity index (χ0n) is 15.4. The molecule has 6 nitrogen and oxygen atoms in total. The third-order valence-electron chi connectivity index (χ3n) is 4.99. The van der Waals surface area contributed by atoms with Gasteiger partial charge in [-0.25, -0.2) is 4.79 Å². The van der Waals surface area contributed by atoms with E-state index in [-0.39, 0.29) is 6.03 Å². The smallest absolute Gasteiger partial charge is 0.317 e. The highest BCUT2D eigenvalue weighted by Gasteiger charge is 2.22. The highest BCUT2D eigenvalue weighted by molar-refractivity contribution is 5.74. The lowest BCUT2D eigenvalue weighted by Crippen LogP contribution is -2.52. The first kappa shape index (κ1) is 17.5. The van der Waals surface area contributed by atoms with Crippen LogP contribution < -0.4 is 19.7 Å². The van der Waals surface area contributed by atoms with Crippen LogP contribution in [-0.2, 0) is 6.42 Å². The van der Waals surface area contributed by atoms with Crippen molar-refractivity contribution >= 4 is 11.7 Å². The monoisotopic (exact) mass is 367 g/mol. The van der Waals surface area contributed by atoms with E-state index in [1.54, 1.807) is 0 Å². The van der Waals surface area contributed by atoms with Gasteiger partial charge in [0.1, 0.15) is 13.2 Å². The molecule has 0 spiro atoms. The second-order valence-electron chi connectivity index (χ2n) is 6.77. The molecule has 0 atom stereocenters. The topological polar surface area (TPSA) is 54.0 Å². The van der Waals surface area contributed by atoms with Gasteiger partial charge in [-0.1, -0.05) is 30.3 Å². The van der Waals surface area contributed by atoms with Gasteiger partial charge in [-0.3, -0.25) is 0 Å². The van der Waals surface area contributed by atoms with Gasteiger partial charge in [-0.05, 0) is 24.1 Å². The molecule has 1 N–H and O–H groups in total.